The van der Waals surface area contributed by atoms with E-state index < -0.39 is 41.0 Å². The number of nitro groups is 1. The molecule has 0 heterocycles. The zero-order valence-corrected chi connectivity index (χ0v) is 11.3. The number of hydrogen-bond acceptors (Lipinski definition) is 5. The average Bonchev–Trinajstić information content (AvgIpc) is 2.42. The predicted molar refractivity (Wildman–Crippen MR) is 68.4 cm³/mol. The van der Waals surface area contributed by atoms with Gasteiger partial charge >= 0.3 is 11.7 Å². The number of carbonyl (C=O) groups is 2. The van der Waals surface area contributed by atoms with Crippen molar-refractivity contribution in [1.29, 1.82) is 0 Å². The minimum absolute atomic E-state index is 0.0668. The number of carboxylic acids is 1. The highest BCUT2D eigenvalue weighted by Gasteiger charge is 2.22. The van der Waals surface area contributed by atoms with Crippen molar-refractivity contribution >= 4 is 17.6 Å². The molecule has 0 saturated carbocycles. The number of halogens is 1. The number of nitrogens with zero attached hydrogens (tertiary/aromatic N) is 2. The smallest absolute Gasteiger partial charge is 0.326 e. The van der Waals surface area contributed by atoms with Crippen LogP contribution in [-0.4, -0.2) is 46.5 Å². The first-order chi connectivity index (χ1) is 9.73. The summed E-state index contributed by atoms with van der Waals surface area (Å²) in [5, 5.41) is 19.2. The molecule has 1 aromatic rings. The summed E-state index contributed by atoms with van der Waals surface area (Å²) in [6.45, 7) is 0.817. The van der Waals surface area contributed by atoms with E-state index in [-0.39, 0.29) is 5.75 Å². The highest BCUT2D eigenvalue weighted by molar-refractivity contribution is 5.84. The van der Waals surface area contributed by atoms with Gasteiger partial charge in [0.1, 0.15) is 11.8 Å². The highest BCUT2D eigenvalue weighted by Crippen LogP contribution is 2.22. The monoisotopic (exact) mass is 300 g/mol. The Balaban J connectivity index is 2.67. The zero-order valence-electron chi connectivity index (χ0n) is 11.3. The Bertz CT molecular complexity index is 577. The second-order valence-corrected chi connectivity index (χ2v) is 4.18. The molecule has 1 rings (SSSR count). The molecule has 1 atom stereocenters. The summed E-state index contributed by atoms with van der Waals surface area (Å²) in [5.74, 6) is -2.95. The van der Waals surface area contributed by atoms with Crippen LogP contribution in [0.5, 0.6) is 5.75 Å². The van der Waals surface area contributed by atoms with Gasteiger partial charge in [-0.1, -0.05) is 0 Å². The van der Waals surface area contributed by atoms with Gasteiger partial charge in [0.05, 0.1) is 4.92 Å². The Hall–Kier alpha value is -2.71. The fraction of sp³-hybridized carbons (Fsp3) is 0.333. The number of hydrogen-bond donors (Lipinski definition) is 1. The van der Waals surface area contributed by atoms with E-state index in [0.29, 0.717) is 0 Å². The number of carboxylic acid groups (broad SMARTS) is 1. The SMILES string of the molecule is CC(C(=O)O)N(C)C(=O)COc1ccc([N+](=O)[O-])c(F)c1. The lowest BCUT2D eigenvalue weighted by molar-refractivity contribution is -0.387. The van der Waals surface area contributed by atoms with Gasteiger partial charge in [0, 0.05) is 19.2 Å². The number of benzene rings is 1. The molecule has 0 fully saturated rings. The minimum atomic E-state index is -1.17. The Kier molecular flexibility index (Phi) is 5.17. The number of ether oxygens (including phenoxy) is 1. The van der Waals surface area contributed by atoms with E-state index in [1.807, 2.05) is 0 Å². The zero-order chi connectivity index (χ0) is 16.2. The lowest BCUT2D eigenvalue weighted by Crippen LogP contribution is -2.42. The molecule has 9 heteroatoms. The maximum Gasteiger partial charge on any atom is 0.326 e. The Labute approximate surface area is 118 Å². The summed E-state index contributed by atoms with van der Waals surface area (Å²) in [5.41, 5.74) is -0.703. The van der Waals surface area contributed by atoms with Crippen LogP contribution in [0.15, 0.2) is 18.2 Å². The van der Waals surface area contributed by atoms with Gasteiger partial charge in [-0.3, -0.25) is 14.9 Å². The van der Waals surface area contributed by atoms with Crippen molar-refractivity contribution in [3.63, 3.8) is 0 Å². The maximum atomic E-state index is 13.3. The molecule has 1 amide bonds. The van der Waals surface area contributed by atoms with Gasteiger partial charge in [-0.25, -0.2) is 4.79 Å². The van der Waals surface area contributed by atoms with Crippen LogP contribution in [0, 0.1) is 15.9 Å². The van der Waals surface area contributed by atoms with E-state index in [0.717, 1.165) is 23.1 Å². The molecule has 0 radical (unpaired) electrons. The third-order valence-corrected chi connectivity index (χ3v) is 2.81. The average molecular weight is 300 g/mol. The van der Waals surface area contributed by atoms with Gasteiger partial charge in [-0.05, 0) is 13.0 Å². The van der Waals surface area contributed by atoms with Gasteiger partial charge in [0.15, 0.2) is 6.61 Å². The summed E-state index contributed by atoms with van der Waals surface area (Å²) in [4.78, 5) is 32.9. The van der Waals surface area contributed by atoms with Gasteiger partial charge in [0.2, 0.25) is 5.82 Å². The Morgan fingerprint density at radius 2 is 2.14 bits per heavy atom. The molecule has 8 nitrogen and oxygen atoms in total. The number of likely N-dealkylation sites (N-methyl/N-ethyl adjacent to an activating group) is 1. The molecule has 0 aliphatic rings. The molecule has 1 unspecified atom stereocenters. The van der Waals surface area contributed by atoms with Crippen LogP contribution in [0.1, 0.15) is 6.92 Å². The lowest BCUT2D eigenvalue weighted by atomic mass is 10.3. The molecular weight excluding hydrogens is 287 g/mol. The fourth-order valence-corrected chi connectivity index (χ4v) is 1.35. The van der Waals surface area contributed by atoms with Crippen LogP contribution in [0.2, 0.25) is 0 Å². The van der Waals surface area contributed by atoms with Crippen molar-refractivity contribution in [1.82, 2.24) is 4.90 Å². The first-order valence-corrected chi connectivity index (χ1v) is 5.79. The third kappa shape index (κ3) is 4.13. The standard InChI is InChI=1S/C12H13FN2O6/c1-7(12(17)18)14(2)11(16)6-21-8-3-4-10(15(19)20)9(13)5-8/h3-5,7H,6H2,1-2H3,(H,17,18). The number of aliphatic carboxylic acids is 1. The summed E-state index contributed by atoms with van der Waals surface area (Å²) < 4.78 is 18.3. The van der Waals surface area contributed by atoms with Crippen molar-refractivity contribution in [3.8, 4) is 5.75 Å². The first-order valence-electron chi connectivity index (χ1n) is 5.79. The number of carbonyl (C=O) groups excluding carboxylic acids is 1. The van der Waals surface area contributed by atoms with E-state index in [1.165, 1.54) is 14.0 Å². The van der Waals surface area contributed by atoms with Gasteiger partial charge in [-0.2, -0.15) is 4.39 Å². The van der Waals surface area contributed by atoms with Crippen LogP contribution < -0.4 is 4.74 Å². The van der Waals surface area contributed by atoms with Gasteiger partial charge in [0.25, 0.3) is 5.91 Å². The van der Waals surface area contributed by atoms with Crippen molar-refractivity contribution in [3.05, 3.63) is 34.1 Å². The summed E-state index contributed by atoms with van der Waals surface area (Å²) >= 11 is 0. The van der Waals surface area contributed by atoms with Gasteiger partial charge < -0.3 is 14.7 Å². The number of rotatable bonds is 6. The van der Waals surface area contributed by atoms with Crippen LogP contribution in [-0.2, 0) is 9.59 Å². The number of amides is 1. The van der Waals surface area contributed by atoms with Crippen LogP contribution in [0.4, 0.5) is 10.1 Å². The van der Waals surface area contributed by atoms with E-state index in [1.54, 1.807) is 0 Å². The molecule has 0 saturated heterocycles. The largest absolute Gasteiger partial charge is 0.484 e. The minimum Gasteiger partial charge on any atom is -0.484 e. The lowest BCUT2D eigenvalue weighted by Gasteiger charge is -2.21. The van der Waals surface area contributed by atoms with Crippen molar-refractivity contribution in [2.75, 3.05) is 13.7 Å². The Morgan fingerprint density at radius 1 is 1.52 bits per heavy atom. The van der Waals surface area contributed by atoms with E-state index in [9.17, 15) is 24.1 Å². The third-order valence-electron chi connectivity index (χ3n) is 2.81. The molecule has 21 heavy (non-hydrogen) atoms. The maximum absolute atomic E-state index is 13.3. The number of nitro benzene ring substituents is 1. The van der Waals surface area contributed by atoms with Crippen LogP contribution in [0.25, 0.3) is 0 Å². The van der Waals surface area contributed by atoms with Crippen LogP contribution in [0.3, 0.4) is 0 Å². The van der Waals surface area contributed by atoms with E-state index >= 15 is 0 Å². The molecule has 1 N–H and O–H groups in total. The molecule has 0 aromatic heterocycles. The Morgan fingerprint density at radius 3 is 2.62 bits per heavy atom. The van der Waals surface area contributed by atoms with Gasteiger partial charge in [-0.15, -0.1) is 0 Å². The molecular formula is C12H13FN2O6. The summed E-state index contributed by atoms with van der Waals surface area (Å²) in [6.07, 6.45) is 0. The second kappa shape index (κ2) is 6.64. The fourth-order valence-electron chi connectivity index (χ4n) is 1.35. The highest BCUT2D eigenvalue weighted by atomic mass is 19.1. The molecule has 0 spiro atoms. The predicted octanol–water partition coefficient (Wildman–Crippen LogP) is 1.04. The molecule has 114 valence electrons. The topological polar surface area (TPSA) is 110 Å². The quantitative estimate of drug-likeness (QED) is 0.621. The van der Waals surface area contributed by atoms with Crippen molar-refractivity contribution < 1.29 is 28.7 Å². The van der Waals surface area contributed by atoms with Crippen LogP contribution >= 0.6 is 0 Å². The molecule has 0 aliphatic carbocycles. The van der Waals surface area contributed by atoms with Crippen molar-refractivity contribution in [2.24, 2.45) is 0 Å². The summed E-state index contributed by atoms with van der Waals surface area (Å²) in [7, 11) is 1.29. The first kappa shape index (κ1) is 16.3. The molecule has 1 aromatic carbocycles. The van der Waals surface area contributed by atoms with E-state index in [2.05, 4.69) is 0 Å². The van der Waals surface area contributed by atoms with E-state index in [4.69, 9.17) is 9.84 Å². The summed E-state index contributed by atoms with van der Waals surface area (Å²) in [6, 6.07) is 1.81. The second-order valence-electron chi connectivity index (χ2n) is 4.18. The molecule has 0 aliphatic heterocycles. The molecule has 0 bridgehead atoms. The normalized spacial score (nSPS) is 11.6. The van der Waals surface area contributed by atoms with Crippen molar-refractivity contribution in [2.45, 2.75) is 13.0 Å².